The zero-order valence-corrected chi connectivity index (χ0v) is 19.2. The first-order valence-electron chi connectivity index (χ1n) is 11.3. The van der Waals surface area contributed by atoms with Crippen LogP contribution in [0.4, 0.5) is 0 Å². The van der Waals surface area contributed by atoms with Gasteiger partial charge in [-0.15, -0.1) is 0 Å². The van der Waals surface area contributed by atoms with Crippen molar-refractivity contribution < 1.29 is 0 Å². The molecule has 1 unspecified atom stereocenters. The Hall–Kier alpha value is -3.73. The van der Waals surface area contributed by atoms with E-state index in [1.165, 1.54) is 54.4 Å². The molecule has 0 spiro atoms. The Morgan fingerprint density at radius 2 is 0.970 bits per heavy atom. The Morgan fingerprint density at radius 3 is 1.82 bits per heavy atom. The smallest absolute Gasteiger partial charge is 0.00215 e. The minimum atomic E-state index is 0.560. The minimum absolute atomic E-state index is 0.560. The van der Waals surface area contributed by atoms with E-state index in [4.69, 9.17) is 0 Å². The molecule has 0 aromatic heterocycles. The molecule has 0 aliphatic heterocycles. The summed E-state index contributed by atoms with van der Waals surface area (Å²) in [6.07, 6.45) is 0. The van der Waals surface area contributed by atoms with Crippen molar-refractivity contribution in [3.8, 4) is 22.3 Å². The molecule has 0 N–H and O–H groups in total. The van der Waals surface area contributed by atoms with Crippen LogP contribution < -0.4 is 10.6 Å². The summed E-state index contributed by atoms with van der Waals surface area (Å²) in [6, 6.07) is 48.3. The van der Waals surface area contributed by atoms with Crippen LogP contribution in [0.3, 0.4) is 0 Å². The van der Waals surface area contributed by atoms with E-state index in [0.29, 0.717) is 8.58 Å². The van der Waals surface area contributed by atoms with E-state index in [2.05, 4.69) is 133 Å². The predicted octanol–water partition coefficient (Wildman–Crippen LogP) is 7.96. The third-order valence-corrected chi connectivity index (χ3v) is 7.66. The van der Waals surface area contributed by atoms with Gasteiger partial charge in [0.15, 0.2) is 0 Å². The molecule has 0 aliphatic rings. The van der Waals surface area contributed by atoms with Gasteiger partial charge < -0.3 is 0 Å². The second-order valence-electron chi connectivity index (χ2n) is 8.27. The molecule has 0 heterocycles. The zero-order chi connectivity index (χ0) is 22.0. The third-order valence-electron chi connectivity index (χ3n) is 6.27. The van der Waals surface area contributed by atoms with Crippen molar-refractivity contribution >= 4 is 40.7 Å². The van der Waals surface area contributed by atoms with Gasteiger partial charge in [-0.25, -0.2) is 0 Å². The predicted molar refractivity (Wildman–Crippen MR) is 146 cm³/mol. The van der Waals surface area contributed by atoms with E-state index >= 15 is 0 Å². The van der Waals surface area contributed by atoms with Crippen molar-refractivity contribution in [2.75, 3.05) is 0 Å². The summed E-state index contributed by atoms with van der Waals surface area (Å²) < 4.78 is 0. The van der Waals surface area contributed by atoms with Crippen molar-refractivity contribution in [3.63, 3.8) is 0 Å². The summed E-state index contributed by atoms with van der Waals surface area (Å²) in [6.45, 7) is 0. The summed E-state index contributed by atoms with van der Waals surface area (Å²) in [4.78, 5) is 0. The van der Waals surface area contributed by atoms with Gasteiger partial charge in [-0.05, 0) is 54.4 Å². The molecule has 33 heavy (non-hydrogen) atoms. The molecule has 0 radical (unpaired) electrons. The highest BCUT2D eigenvalue weighted by molar-refractivity contribution is 7.56. The van der Waals surface area contributed by atoms with Crippen LogP contribution in [0.1, 0.15) is 0 Å². The number of fused-ring (bicyclic) bond motifs is 2. The van der Waals surface area contributed by atoms with Gasteiger partial charge in [0.2, 0.25) is 0 Å². The average molecular weight is 439 g/mol. The number of hydrogen-bond acceptors (Lipinski definition) is 0. The van der Waals surface area contributed by atoms with E-state index in [9.17, 15) is 0 Å². The van der Waals surface area contributed by atoms with Crippen LogP contribution in [0.25, 0.3) is 43.8 Å². The van der Waals surface area contributed by atoms with E-state index in [1.54, 1.807) is 0 Å². The lowest BCUT2D eigenvalue weighted by Crippen LogP contribution is -2.09. The Balaban J connectivity index is 1.59. The molecule has 0 fully saturated rings. The quantitative estimate of drug-likeness (QED) is 0.245. The van der Waals surface area contributed by atoms with Crippen molar-refractivity contribution in [1.82, 2.24) is 0 Å². The van der Waals surface area contributed by atoms with Gasteiger partial charge in [-0.1, -0.05) is 142 Å². The molecule has 156 valence electrons. The van der Waals surface area contributed by atoms with Crippen LogP contribution >= 0.6 is 8.58 Å². The Kier molecular flexibility index (Phi) is 5.23. The maximum absolute atomic E-state index is 2.33. The topological polar surface area (TPSA) is 0 Å². The lowest BCUT2D eigenvalue weighted by molar-refractivity contribution is 1.65. The van der Waals surface area contributed by atoms with Gasteiger partial charge in [0, 0.05) is 0 Å². The Labute approximate surface area is 196 Å². The lowest BCUT2D eigenvalue weighted by atomic mass is 9.94. The standard InChI is InChI=1S/C32H23P/c1-2-11-24(12-3-1)27-17-8-9-20-30(27)33-31-22-21-25-14-5-7-18-28(25)32(31)29-19-10-15-23-13-4-6-16-26(23)29/h1-22,33H. The summed E-state index contributed by atoms with van der Waals surface area (Å²) in [5.41, 5.74) is 5.25. The van der Waals surface area contributed by atoms with E-state index < -0.39 is 0 Å². The van der Waals surface area contributed by atoms with Gasteiger partial charge in [0.25, 0.3) is 0 Å². The van der Waals surface area contributed by atoms with Crippen molar-refractivity contribution in [3.05, 3.63) is 133 Å². The normalized spacial score (nSPS) is 11.5. The molecule has 6 aromatic carbocycles. The van der Waals surface area contributed by atoms with Gasteiger partial charge in [0.1, 0.15) is 0 Å². The number of rotatable bonds is 4. The summed E-state index contributed by atoms with van der Waals surface area (Å²) in [7, 11) is 0.560. The molecule has 0 saturated heterocycles. The number of hydrogen-bond donors (Lipinski definition) is 0. The van der Waals surface area contributed by atoms with Crippen LogP contribution in [-0.2, 0) is 0 Å². The molecule has 0 amide bonds. The van der Waals surface area contributed by atoms with Gasteiger partial charge in [-0.2, -0.15) is 0 Å². The molecule has 1 atom stereocenters. The highest BCUT2D eigenvalue weighted by Gasteiger charge is 2.15. The Morgan fingerprint density at radius 1 is 0.364 bits per heavy atom. The summed E-state index contributed by atoms with van der Waals surface area (Å²) in [5, 5.41) is 7.94. The van der Waals surface area contributed by atoms with E-state index in [-0.39, 0.29) is 0 Å². The van der Waals surface area contributed by atoms with Gasteiger partial charge in [-0.3, -0.25) is 0 Å². The van der Waals surface area contributed by atoms with Crippen LogP contribution in [-0.4, -0.2) is 0 Å². The summed E-state index contributed by atoms with van der Waals surface area (Å²) in [5.74, 6) is 0. The SMILES string of the molecule is c1ccc(-c2ccccc2Pc2ccc3ccccc3c2-c2cccc3ccccc23)cc1. The zero-order valence-electron chi connectivity index (χ0n) is 18.2. The molecule has 0 nitrogen and oxygen atoms in total. The first kappa shape index (κ1) is 19.9. The first-order chi connectivity index (χ1) is 16.4. The van der Waals surface area contributed by atoms with Gasteiger partial charge in [0.05, 0.1) is 0 Å². The third kappa shape index (κ3) is 3.74. The number of benzene rings is 6. The molecular weight excluding hydrogens is 415 g/mol. The second kappa shape index (κ2) is 8.66. The van der Waals surface area contributed by atoms with Gasteiger partial charge >= 0.3 is 0 Å². The largest absolute Gasteiger partial charge is 0.0622 e. The Bertz CT molecular complexity index is 1580. The van der Waals surface area contributed by atoms with Crippen LogP contribution in [0.15, 0.2) is 133 Å². The van der Waals surface area contributed by atoms with E-state index in [0.717, 1.165) is 0 Å². The molecule has 0 bridgehead atoms. The fraction of sp³-hybridized carbons (Fsp3) is 0. The fourth-order valence-corrected chi connectivity index (χ4v) is 6.11. The van der Waals surface area contributed by atoms with Crippen molar-refractivity contribution in [2.24, 2.45) is 0 Å². The van der Waals surface area contributed by atoms with E-state index in [1.807, 2.05) is 0 Å². The lowest BCUT2D eigenvalue weighted by Gasteiger charge is -2.17. The minimum Gasteiger partial charge on any atom is -0.0622 e. The average Bonchev–Trinajstić information content (AvgIpc) is 2.89. The molecule has 6 rings (SSSR count). The van der Waals surface area contributed by atoms with Crippen molar-refractivity contribution in [1.29, 1.82) is 0 Å². The maximum atomic E-state index is 2.33. The highest BCUT2D eigenvalue weighted by Crippen LogP contribution is 2.36. The van der Waals surface area contributed by atoms with Crippen molar-refractivity contribution in [2.45, 2.75) is 0 Å². The van der Waals surface area contributed by atoms with Crippen LogP contribution in [0.5, 0.6) is 0 Å². The fourth-order valence-electron chi connectivity index (χ4n) is 4.72. The maximum Gasteiger partial charge on any atom is -0.00215 e. The first-order valence-corrected chi connectivity index (χ1v) is 12.3. The van der Waals surface area contributed by atoms with Crippen LogP contribution in [0.2, 0.25) is 0 Å². The second-order valence-corrected chi connectivity index (χ2v) is 9.60. The molecule has 0 saturated carbocycles. The molecule has 1 heteroatoms. The molecule has 6 aromatic rings. The summed E-state index contributed by atoms with van der Waals surface area (Å²) >= 11 is 0. The van der Waals surface area contributed by atoms with Crippen LogP contribution in [0, 0.1) is 0 Å². The monoisotopic (exact) mass is 438 g/mol. The molecule has 0 aliphatic carbocycles. The highest BCUT2D eigenvalue weighted by atomic mass is 31.1. The molecular formula is C32H23P.